The first-order chi connectivity index (χ1) is 8.15. The standard InChI is InChI=1S/C13H13NOS2/c1-9-7-17-13(14-9)8-16-12-5-3-11(4-6-12)10(2)15/h3-7H,8H2,1-2H3. The zero-order valence-electron chi connectivity index (χ0n) is 9.77. The van der Waals surface area contributed by atoms with Crippen LogP contribution in [0.3, 0.4) is 0 Å². The molecule has 1 aromatic carbocycles. The molecule has 0 spiro atoms. The molecule has 2 aromatic rings. The van der Waals surface area contributed by atoms with Gasteiger partial charge in [-0.25, -0.2) is 4.98 Å². The fourth-order valence-electron chi connectivity index (χ4n) is 1.40. The highest BCUT2D eigenvalue weighted by Gasteiger charge is 2.02. The number of aryl methyl sites for hydroxylation is 1. The molecule has 0 saturated heterocycles. The number of nitrogens with zero attached hydrogens (tertiary/aromatic N) is 1. The molecule has 0 saturated carbocycles. The maximum atomic E-state index is 11.1. The summed E-state index contributed by atoms with van der Waals surface area (Å²) < 4.78 is 0. The number of benzene rings is 1. The molecule has 1 aromatic heterocycles. The minimum Gasteiger partial charge on any atom is -0.295 e. The number of carbonyl (C=O) groups excluding carboxylic acids is 1. The Bertz CT molecular complexity index is 516. The molecule has 0 aliphatic carbocycles. The van der Waals surface area contributed by atoms with E-state index in [2.05, 4.69) is 10.4 Å². The number of rotatable bonds is 4. The Labute approximate surface area is 109 Å². The summed E-state index contributed by atoms with van der Waals surface area (Å²) in [5, 5.41) is 3.21. The van der Waals surface area contributed by atoms with Gasteiger partial charge in [0.2, 0.25) is 0 Å². The fraction of sp³-hybridized carbons (Fsp3) is 0.231. The number of aromatic nitrogens is 1. The van der Waals surface area contributed by atoms with Crippen molar-refractivity contribution in [2.75, 3.05) is 0 Å². The van der Waals surface area contributed by atoms with E-state index in [0.29, 0.717) is 0 Å². The lowest BCUT2D eigenvalue weighted by Crippen LogP contribution is -1.90. The number of carbonyl (C=O) groups is 1. The number of thioether (sulfide) groups is 1. The summed E-state index contributed by atoms with van der Waals surface area (Å²) in [6, 6.07) is 7.72. The number of thiazole rings is 1. The summed E-state index contributed by atoms with van der Waals surface area (Å²) in [6.45, 7) is 3.59. The van der Waals surface area contributed by atoms with Crippen LogP contribution in [-0.2, 0) is 5.75 Å². The smallest absolute Gasteiger partial charge is 0.159 e. The number of Topliss-reactive ketones (excluding diaryl/α,β-unsaturated/α-hetero) is 1. The molecule has 0 unspecified atom stereocenters. The number of hydrogen-bond donors (Lipinski definition) is 0. The van der Waals surface area contributed by atoms with Gasteiger partial charge in [-0.3, -0.25) is 4.79 Å². The van der Waals surface area contributed by atoms with Crippen LogP contribution in [0.2, 0.25) is 0 Å². The van der Waals surface area contributed by atoms with Gasteiger partial charge in [0.1, 0.15) is 5.01 Å². The Morgan fingerprint density at radius 3 is 2.59 bits per heavy atom. The molecule has 88 valence electrons. The maximum absolute atomic E-state index is 11.1. The van der Waals surface area contributed by atoms with Gasteiger partial charge < -0.3 is 0 Å². The molecule has 0 radical (unpaired) electrons. The molecule has 0 amide bonds. The zero-order chi connectivity index (χ0) is 12.3. The van der Waals surface area contributed by atoms with E-state index in [1.165, 1.54) is 4.90 Å². The van der Waals surface area contributed by atoms with Crippen molar-refractivity contribution in [2.45, 2.75) is 24.5 Å². The first-order valence-corrected chi connectivity index (χ1v) is 7.16. The van der Waals surface area contributed by atoms with E-state index in [1.54, 1.807) is 30.0 Å². The molecule has 4 heteroatoms. The lowest BCUT2D eigenvalue weighted by atomic mass is 10.2. The van der Waals surface area contributed by atoms with Crippen molar-refractivity contribution in [3.8, 4) is 0 Å². The summed E-state index contributed by atoms with van der Waals surface area (Å²) >= 11 is 3.43. The predicted molar refractivity (Wildman–Crippen MR) is 72.9 cm³/mol. The van der Waals surface area contributed by atoms with Gasteiger partial charge in [0, 0.05) is 21.5 Å². The monoisotopic (exact) mass is 263 g/mol. The Kier molecular flexibility index (Phi) is 3.97. The minimum absolute atomic E-state index is 0.108. The van der Waals surface area contributed by atoms with E-state index < -0.39 is 0 Å². The van der Waals surface area contributed by atoms with Crippen molar-refractivity contribution in [3.63, 3.8) is 0 Å². The van der Waals surface area contributed by atoms with Crippen LogP contribution in [0.1, 0.15) is 28.0 Å². The summed E-state index contributed by atoms with van der Waals surface area (Å²) in [5.41, 5.74) is 1.84. The topological polar surface area (TPSA) is 30.0 Å². The van der Waals surface area contributed by atoms with E-state index in [4.69, 9.17) is 0 Å². The molecule has 0 bridgehead atoms. The van der Waals surface area contributed by atoms with Crippen LogP contribution in [0.25, 0.3) is 0 Å². The lowest BCUT2D eigenvalue weighted by Gasteiger charge is -2.00. The average molecular weight is 263 g/mol. The highest BCUT2D eigenvalue weighted by atomic mass is 32.2. The Balaban J connectivity index is 1.97. The van der Waals surface area contributed by atoms with E-state index in [0.717, 1.165) is 22.0 Å². The minimum atomic E-state index is 0.108. The van der Waals surface area contributed by atoms with Crippen LogP contribution >= 0.6 is 23.1 Å². The third-order valence-electron chi connectivity index (χ3n) is 2.29. The number of ketones is 1. The van der Waals surface area contributed by atoms with Crippen LogP contribution in [0, 0.1) is 6.92 Å². The first-order valence-electron chi connectivity index (χ1n) is 5.30. The molecule has 0 fully saturated rings. The van der Waals surface area contributed by atoms with Gasteiger partial charge in [-0.1, -0.05) is 12.1 Å². The lowest BCUT2D eigenvalue weighted by molar-refractivity contribution is 0.101. The zero-order valence-corrected chi connectivity index (χ0v) is 11.4. The molecule has 17 heavy (non-hydrogen) atoms. The molecular formula is C13H13NOS2. The fourth-order valence-corrected chi connectivity index (χ4v) is 3.09. The van der Waals surface area contributed by atoms with Crippen molar-refractivity contribution in [1.29, 1.82) is 0 Å². The molecule has 0 atom stereocenters. The van der Waals surface area contributed by atoms with Crippen LogP contribution in [0.4, 0.5) is 0 Å². The summed E-state index contributed by atoms with van der Waals surface area (Å²) in [4.78, 5) is 16.7. The quantitative estimate of drug-likeness (QED) is 0.618. The van der Waals surface area contributed by atoms with E-state index in [1.807, 2.05) is 31.2 Å². The summed E-state index contributed by atoms with van der Waals surface area (Å²) in [5.74, 6) is 0.995. The molecule has 1 heterocycles. The molecule has 2 rings (SSSR count). The molecule has 0 aliphatic rings. The second kappa shape index (κ2) is 5.47. The van der Waals surface area contributed by atoms with Crippen LogP contribution in [0.15, 0.2) is 34.5 Å². The second-order valence-electron chi connectivity index (χ2n) is 3.75. The van der Waals surface area contributed by atoms with E-state index >= 15 is 0 Å². The second-order valence-corrected chi connectivity index (χ2v) is 5.74. The Hall–Kier alpha value is -1.13. The van der Waals surface area contributed by atoms with Crippen LogP contribution in [-0.4, -0.2) is 10.8 Å². The van der Waals surface area contributed by atoms with Crippen molar-refractivity contribution in [1.82, 2.24) is 4.98 Å². The SMILES string of the molecule is CC(=O)c1ccc(SCc2nc(C)cs2)cc1. The Morgan fingerprint density at radius 2 is 2.06 bits per heavy atom. The molecule has 2 nitrogen and oxygen atoms in total. The van der Waals surface area contributed by atoms with Crippen LogP contribution in [0.5, 0.6) is 0 Å². The maximum Gasteiger partial charge on any atom is 0.159 e. The van der Waals surface area contributed by atoms with E-state index in [-0.39, 0.29) is 5.78 Å². The van der Waals surface area contributed by atoms with Gasteiger partial charge in [0.25, 0.3) is 0 Å². The van der Waals surface area contributed by atoms with Crippen molar-refractivity contribution in [2.24, 2.45) is 0 Å². The molecular weight excluding hydrogens is 250 g/mol. The molecule has 0 N–H and O–H groups in total. The third-order valence-corrected chi connectivity index (χ3v) is 4.46. The largest absolute Gasteiger partial charge is 0.295 e. The molecule has 0 aliphatic heterocycles. The van der Waals surface area contributed by atoms with Crippen LogP contribution < -0.4 is 0 Å². The van der Waals surface area contributed by atoms with Crippen molar-refractivity contribution >= 4 is 28.9 Å². The normalized spacial score (nSPS) is 10.5. The van der Waals surface area contributed by atoms with Gasteiger partial charge in [-0.05, 0) is 26.0 Å². The summed E-state index contributed by atoms with van der Waals surface area (Å²) in [6.07, 6.45) is 0. The summed E-state index contributed by atoms with van der Waals surface area (Å²) in [7, 11) is 0. The van der Waals surface area contributed by atoms with Crippen molar-refractivity contribution < 1.29 is 4.79 Å². The highest BCUT2D eigenvalue weighted by Crippen LogP contribution is 2.24. The third kappa shape index (κ3) is 3.41. The van der Waals surface area contributed by atoms with Gasteiger partial charge in [0.05, 0.1) is 5.75 Å². The first kappa shape index (κ1) is 12.3. The van der Waals surface area contributed by atoms with Gasteiger partial charge in [-0.2, -0.15) is 0 Å². The highest BCUT2D eigenvalue weighted by molar-refractivity contribution is 7.98. The van der Waals surface area contributed by atoms with Crippen molar-refractivity contribution in [3.05, 3.63) is 45.9 Å². The van der Waals surface area contributed by atoms with E-state index in [9.17, 15) is 4.79 Å². The average Bonchev–Trinajstić information content (AvgIpc) is 2.73. The van der Waals surface area contributed by atoms with Gasteiger partial charge in [0.15, 0.2) is 5.78 Å². The number of hydrogen-bond acceptors (Lipinski definition) is 4. The Morgan fingerprint density at radius 1 is 1.35 bits per heavy atom. The van der Waals surface area contributed by atoms with Gasteiger partial charge >= 0.3 is 0 Å². The van der Waals surface area contributed by atoms with Gasteiger partial charge in [-0.15, -0.1) is 23.1 Å². The predicted octanol–water partition coefficient (Wildman–Crippen LogP) is 3.95.